The zero-order valence-corrected chi connectivity index (χ0v) is 10.7. The average Bonchev–Trinajstić information content (AvgIpc) is 2.86. The van der Waals surface area contributed by atoms with E-state index in [1.807, 2.05) is 0 Å². The minimum Gasteiger partial charge on any atom is -0.381 e. The van der Waals surface area contributed by atoms with Gasteiger partial charge in [0.2, 0.25) is 0 Å². The van der Waals surface area contributed by atoms with Crippen molar-refractivity contribution < 1.29 is 4.74 Å². The molecular weight excluding hydrogens is 270 g/mol. The molecule has 0 aliphatic carbocycles. The average molecular weight is 286 g/mol. The molecule has 0 aromatic carbocycles. The first-order chi connectivity index (χ1) is 7.75. The van der Waals surface area contributed by atoms with Gasteiger partial charge in [-0.3, -0.25) is 0 Å². The topological polar surface area (TPSA) is 53.1 Å². The van der Waals surface area contributed by atoms with Crippen LogP contribution < -0.4 is 5.73 Å². The monoisotopic (exact) mass is 285 g/mol. The summed E-state index contributed by atoms with van der Waals surface area (Å²) in [4.78, 5) is 4.65. The fraction of sp³-hybridized carbons (Fsp3) is 0.727. The van der Waals surface area contributed by atoms with Gasteiger partial charge >= 0.3 is 0 Å². The molecule has 1 aromatic heterocycles. The van der Waals surface area contributed by atoms with E-state index in [1.54, 1.807) is 0 Å². The van der Waals surface area contributed by atoms with Crippen LogP contribution in [0.5, 0.6) is 0 Å². The number of hydrogen-bond donors (Lipinski definition) is 1. The maximum Gasteiger partial charge on any atom is 0.127 e. The molecule has 0 amide bonds. The molecule has 1 aromatic rings. The van der Waals surface area contributed by atoms with Crippen molar-refractivity contribution in [3.8, 4) is 0 Å². The Hall–Kier alpha value is -0.390. The van der Waals surface area contributed by atoms with Crippen LogP contribution in [0.2, 0.25) is 0 Å². The fourth-order valence-corrected chi connectivity index (χ4v) is 3.21. The Morgan fingerprint density at radius 3 is 3.06 bits per heavy atom. The smallest absolute Gasteiger partial charge is 0.127 e. The number of rotatable bonds is 1. The van der Waals surface area contributed by atoms with Gasteiger partial charge in [0.15, 0.2) is 0 Å². The first kappa shape index (κ1) is 10.7. The molecule has 0 saturated carbocycles. The van der Waals surface area contributed by atoms with Crippen molar-refractivity contribution in [2.45, 2.75) is 37.8 Å². The molecule has 1 saturated heterocycles. The van der Waals surface area contributed by atoms with Gasteiger partial charge in [-0.15, -0.1) is 0 Å². The Labute approximate surface area is 103 Å². The van der Waals surface area contributed by atoms with Gasteiger partial charge < -0.3 is 15.0 Å². The molecule has 2 aliphatic heterocycles. The summed E-state index contributed by atoms with van der Waals surface area (Å²) in [6.07, 6.45) is 3.17. The summed E-state index contributed by atoms with van der Waals surface area (Å²) in [6, 6.07) is 0.273. The molecule has 3 rings (SSSR count). The minimum atomic E-state index is 0.273. The second kappa shape index (κ2) is 4.13. The Morgan fingerprint density at radius 2 is 2.31 bits per heavy atom. The molecule has 0 bridgehead atoms. The van der Waals surface area contributed by atoms with E-state index in [2.05, 4.69) is 25.5 Å². The molecule has 16 heavy (non-hydrogen) atoms. The van der Waals surface area contributed by atoms with E-state index in [0.29, 0.717) is 5.92 Å². The van der Waals surface area contributed by atoms with Crippen LogP contribution >= 0.6 is 15.9 Å². The summed E-state index contributed by atoms with van der Waals surface area (Å²) in [6.45, 7) is 2.56. The van der Waals surface area contributed by atoms with Crippen LogP contribution in [0, 0.1) is 0 Å². The molecule has 3 heterocycles. The van der Waals surface area contributed by atoms with E-state index in [4.69, 9.17) is 10.5 Å². The third-order valence-electron chi connectivity index (χ3n) is 3.52. The standard InChI is InChI=1S/C11H16BrN3O/c12-10-9-2-1-8(13)5-15(9)11(14-10)7-3-4-16-6-7/h7-8H,1-6,13H2. The van der Waals surface area contributed by atoms with Gasteiger partial charge in [0.05, 0.1) is 12.3 Å². The lowest BCUT2D eigenvalue weighted by molar-refractivity contribution is 0.192. The highest BCUT2D eigenvalue weighted by Crippen LogP contribution is 2.31. The number of fused-ring (bicyclic) bond motifs is 1. The minimum absolute atomic E-state index is 0.273. The van der Waals surface area contributed by atoms with Crippen LogP contribution in [-0.4, -0.2) is 28.8 Å². The van der Waals surface area contributed by atoms with Crippen LogP contribution in [0.15, 0.2) is 4.60 Å². The predicted molar refractivity (Wildman–Crippen MR) is 64.4 cm³/mol. The van der Waals surface area contributed by atoms with Crippen molar-refractivity contribution in [3.05, 3.63) is 16.1 Å². The highest BCUT2D eigenvalue weighted by molar-refractivity contribution is 9.10. The van der Waals surface area contributed by atoms with Crippen molar-refractivity contribution in [2.24, 2.45) is 5.73 Å². The second-order valence-corrected chi connectivity index (χ2v) is 5.43. The van der Waals surface area contributed by atoms with E-state index >= 15 is 0 Å². The first-order valence-corrected chi connectivity index (χ1v) is 6.63. The molecule has 4 nitrogen and oxygen atoms in total. The van der Waals surface area contributed by atoms with Gasteiger partial charge in [0, 0.05) is 25.1 Å². The number of halogens is 1. The lowest BCUT2D eigenvalue weighted by Crippen LogP contribution is -2.33. The maximum atomic E-state index is 6.03. The second-order valence-electron chi connectivity index (χ2n) is 4.68. The Kier molecular flexibility index (Phi) is 2.77. The third kappa shape index (κ3) is 1.71. The van der Waals surface area contributed by atoms with Gasteiger partial charge in [-0.25, -0.2) is 4.98 Å². The maximum absolute atomic E-state index is 6.03. The number of hydrogen-bond acceptors (Lipinski definition) is 3. The predicted octanol–water partition coefficient (Wildman–Crippen LogP) is 1.42. The van der Waals surface area contributed by atoms with Crippen molar-refractivity contribution in [3.63, 3.8) is 0 Å². The molecule has 0 spiro atoms. The SMILES string of the molecule is NC1CCc2c(Br)nc(C3CCOC3)n2C1. The number of ether oxygens (including phenoxy) is 1. The van der Waals surface area contributed by atoms with Crippen molar-refractivity contribution in [2.75, 3.05) is 13.2 Å². The van der Waals surface area contributed by atoms with Gasteiger partial charge in [-0.05, 0) is 35.2 Å². The Bertz CT molecular complexity index is 398. The molecule has 2 aliphatic rings. The van der Waals surface area contributed by atoms with Crippen LogP contribution in [0.3, 0.4) is 0 Å². The molecule has 5 heteroatoms. The summed E-state index contributed by atoms with van der Waals surface area (Å²) in [5.41, 5.74) is 7.34. The third-order valence-corrected chi connectivity index (χ3v) is 4.15. The molecule has 0 radical (unpaired) electrons. The quantitative estimate of drug-likeness (QED) is 0.849. The van der Waals surface area contributed by atoms with Gasteiger partial charge in [0.1, 0.15) is 10.4 Å². The number of nitrogens with two attached hydrogens (primary N) is 1. The van der Waals surface area contributed by atoms with Gasteiger partial charge in [-0.2, -0.15) is 0 Å². The van der Waals surface area contributed by atoms with Crippen LogP contribution in [0.25, 0.3) is 0 Å². The van der Waals surface area contributed by atoms with E-state index in [-0.39, 0.29) is 6.04 Å². The summed E-state index contributed by atoms with van der Waals surface area (Å²) in [5.74, 6) is 1.62. The molecule has 2 atom stereocenters. The van der Waals surface area contributed by atoms with Crippen molar-refractivity contribution in [1.82, 2.24) is 9.55 Å². The fourth-order valence-electron chi connectivity index (χ4n) is 2.61. The molecule has 2 N–H and O–H groups in total. The van der Waals surface area contributed by atoms with E-state index in [1.165, 1.54) is 5.69 Å². The molecule has 1 fully saturated rings. The van der Waals surface area contributed by atoms with E-state index < -0.39 is 0 Å². The summed E-state index contributed by atoms with van der Waals surface area (Å²) >= 11 is 3.56. The van der Waals surface area contributed by atoms with Crippen LogP contribution in [0.1, 0.15) is 30.3 Å². The summed E-state index contributed by atoms with van der Waals surface area (Å²) in [5, 5.41) is 0. The number of imidazole rings is 1. The zero-order valence-electron chi connectivity index (χ0n) is 9.16. The molecule has 2 unspecified atom stereocenters. The largest absolute Gasteiger partial charge is 0.381 e. The van der Waals surface area contributed by atoms with Crippen molar-refractivity contribution in [1.29, 1.82) is 0 Å². The zero-order chi connectivity index (χ0) is 11.1. The normalized spacial score (nSPS) is 29.4. The van der Waals surface area contributed by atoms with E-state index in [9.17, 15) is 0 Å². The summed E-state index contributed by atoms with van der Waals surface area (Å²) < 4.78 is 8.74. The molecule has 88 valence electrons. The van der Waals surface area contributed by atoms with Crippen LogP contribution in [-0.2, 0) is 17.7 Å². The van der Waals surface area contributed by atoms with Crippen molar-refractivity contribution >= 4 is 15.9 Å². The van der Waals surface area contributed by atoms with Gasteiger partial charge in [0.25, 0.3) is 0 Å². The number of nitrogens with zero attached hydrogens (tertiary/aromatic N) is 2. The first-order valence-electron chi connectivity index (χ1n) is 5.84. The highest BCUT2D eigenvalue weighted by Gasteiger charge is 2.28. The van der Waals surface area contributed by atoms with E-state index in [0.717, 1.165) is 49.4 Å². The Morgan fingerprint density at radius 1 is 1.44 bits per heavy atom. The Balaban J connectivity index is 1.98. The lowest BCUT2D eigenvalue weighted by Gasteiger charge is -2.23. The lowest BCUT2D eigenvalue weighted by atomic mass is 10.0. The number of aromatic nitrogens is 2. The molecular formula is C11H16BrN3O. The van der Waals surface area contributed by atoms with Crippen LogP contribution in [0.4, 0.5) is 0 Å². The highest BCUT2D eigenvalue weighted by atomic mass is 79.9. The summed E-state index contributed by atoms with van der Waals surface area (Å²) in [7, 11) is 0. The van der Waals surface area contributed by atoms with Gasteiger partial charge in [-0.1, -0.05) is 0 Å².